The summed E-state index contributed by atoms with van der Waals surface area (Å²) in [5, 5.41) is 3.17. The molecule has 1 N–H and O–H groups in total. The first-order chi connectivity index (χ1) is 4.47. The molecule has 1 fully saturated rings. The molecule has 1 aliphatic heterocycles. The van der Waals surface area contributed by atoms with Crippen LogP contribution in [0.3, 0.4) is 0 Å². The van der Waals surface area contributed by atoms with Gasteiger partial charge in [-0.3, -0.25) is 5.32 Å². The highest BCUT2D eigenvalue weighted by Gasteiger charge is 2.23. The van der Waals surface area contributed by atoms with Crippen LogP contribution < -0.4 is 5.32 Å². The molecule has 0 bridgehead atoms. The summed E-state index contributed by atoms with van der Waals surface area (Å²) >= 11 is 0. The number of fused-ring (bicyclic) bond motifs is 1. The van der Waals surface area contributed by atoms with Gasteiger partial charge in [0.25, 0.3) is 0 Å². The average Bonchev–Trinajstić information content (AvgIpc) is 2.33. The Morgan fingerprint density at radius 2 is 2.67 bits per heavy atom. The minimum atomic E-state index is 0.256. The highest BCUT2D eigenvalue weighted by Crippen LogP contribution is 2.12. The van der Waals surface area contributed by atoms with Gasteiger partial charge in [0, 0.05) is 0 Å². The van der Waals surface area contributed by atoms with Crippen molar-refractivity contribution >= 4 is 0 Å². The highest BCUT2D eigenvalue weighted by atomic mass is 16.5. The van der Waals surface area contributed by atoms with Gasteiger partial charge in [-0.15, -0.1) is 0 Å². The molecule has 0 aromatic rings. The van der Waals surface area contributed by atoms with E-state index in [0.717, 1.165) is 0 Å². The maximum Gasteiger partial charge on any atom is 0.0979 e. The molecule has 0 amide bonds. The van der Waals surface area contributed by atoms with Crippen molar-refractivity contribution in [2.75, 3.05) is 6.73 Å². The number of allylic oxidation sites excluding steroid dienone is 2. The largest absolute Gasteiger partial charge is 0.357 e. The zero-order chi connectivity index (χ0) is 6.10. The molecule has 0 spiro atoms. The van der Waals surface area contributed by atoms with Crippen LogP contribution in [0.5, 0.6) is 0 Å². The van der Waals surface area contributed by atoms with Gasteiger partial charge < -0.3 is 4.74 Å². The predicted octanol–water partition coefficient (Wildman–Crippen LogP) is 0.230. The van der Waals surface area contributed by atoms with Gasteiger partial charge in [0.2, 0.25) is 0 Å². The first-order valence-electron chi connectivity index (χ1n) is 3.08. The Hall–Kier alpha value is -0.600. The monoisotopic (exact) mass is 122 g/mol. The Morgan fingerprint density at radius 3 is 3.56 bits per heavy atom. The second kappa shape index (κ2) is 1.97. The van der Waals surface area contributed by atoms with E-state index in [1.165, 1.54) is 0 Å². The van der Waals surface area contributed by atoms with E-state index in [1.54, 1.807) is 0 Å². The number of hydrogen-bond acceptors (Lipinski definition) is 2. The first-order valence-corrected chi connectivity index (χ1v) is 3.08. The maximum atomic E-state index is 5.29. The Labute approximate surface area is 54.2 Å². The Bertz CT molecular complexity index is 144. The molecular weight excluding hydrogens is 114 g/mol. The van der Waals surface area contributed by atoms with Gasteiger partial charge in [-0.1, -0.05) is 18.2 Å². The zero-order valence-corrected chi connectivity index (χ0v) is 5.00. The third-order valence-electron chi connectivity index (χ3n) is 1.61. The maximum absolute atomic E-state index is 5.29. The summed E-state index contributed by atoms with van der Waals surface area (Å²) in [5.74, 6) is 0. The van der Waals surface area contributed by atoms with E-state index in [4.69, 9.17) is 4.74 Å². The Morgan fingerprint density at radius 1 is 1.67 bits per heavy atom. The highest BCUT2D eigenvalue weighted by molar-refractivity contribution is 5.15. The van der Waals surface area contributed by atoms with Gasteiger partial charge in [0.1, 0.15) is 0 Å². The smallest absolute Gasteiger partial charge is 0.0979 e. The van der Waals surface area contributed by atoms with Crippen molar-refractivity contribution in [3.05, 3.63) is 24.3 Å². The van der Waals surface area contributed by atoms with Crippen LogP contribution in [0, 0.1) is 6.08 Å². The van der Waals surface area contributed by atoms with E-state index in [0.29, 0.717) is 12.8 Å². The van der Waals surface area contributed by atoms with Crippen LogP contribution in [0.15, 0.2) is 18.2 Å². The average molecular weight is 122 g/mol. The molecule has 2 aliphatic rings. The van der Waals surface area contributed by atoms with Crippen molar-refractivity contribution in [3.8, 4) is 0 Å². The van der Waals surface area contributed by atoms with Crippen LogP contribution in [0.4, 0.5) is 0 Å². The fraction of sp³-hybridized carbons (Fsp3) is 0.429. The van der Waals surface area contributed by atoms with E-state index in [1.807, 2.05) is 18.2 Å². The van der Waals surface area contributed by atoms with E-state index >= 15 is 0 Å². The second-order valence-electron chi connectivity index (χ2n) is 2.20. The molecular formula is C7H8NO. The topological polar surface area (TPSA) is 21.3 Å². The second-order valence-corrected chi connectivity index (χ2v) is 2.20. The zero-order valence-electron chi connectivity index (χ0n) is 5.00. The van der Waals surface area contributed by atoms with Gasteiger partial charge in [-0.25, -0.2) is 0 Å². The van der Waals surface area contributed by atoms with Crippen molar-refractivity contribution in [1.82, 2.24) is 5.32 Å². The molecule has 1 saturated heterocycles. The molecule has 2 rings (SSSR count). The fourth-order valence-corrected chi connectivity index (χ4v) is 1.10. The summed E-state index contributed by atoms with van der Waals surface area (Å²) in [4.78, 5) is 0. The van der Waals surface area contributed by atoms with E-state index in [9.17, 15) is 0 Å². The van der Waals surface area contributed by atoms with Crippen LogP contribution in [0.1, 0.15) is 0 Å². The lowest BCUT2D eigenvalue weighted by Gasteiger charge is -2.11. The molecule has 2 unspecified atom stereocenters. The number of nitrogens with one attached hydrogen (secondary N) is 1. The molecule has 2 heteroatoms. The summed E-state index contributed by atoms with van der Waals surface area (Å²) in [6.45, 7) is 0.665. The molecule has 1 aliphatic carbocycles. The summed E-state index contributed by atoms with van der Waals surface area (Å²) in [7, 11) is 0. The molecule has 1 radical (unpaired) electrons. The predicted molar refractivity (Wildman–Crippen MR) is 33.6 cm³/mol. The lowest BCUT2D eigenvalue weighted by molar-refractivity contribution is 0.140. The normalized spacial score (nSPS) is 39.1. The van der Waals surface area contributed by atoms with Gasteiger partial charge in [-0.05, 0) is 6.08 Å². The summed E-state index contributed by atoms with van der Waals surface area (Å²) in [5.41, 5.74) is 0. The lowest BCUT2D eigenvalue weighted by Crippen LogP contribution is -2.28. The SMILES string of the molecule is [C]1=CC2NCOC2C=C1. The molecule has 0 aromatic heterocycles. The summed E-state index contributed by atoms with van der Waals surface area (Å²) in [6.07, 6.45) is 9.18. The molecule has 0 aromatic carbocycles. The van der Waals surface area contributed by atoms with Crippen molar-refractivity contribution in [2.24, 2.45) is 0 Å². The van der Waals surface area contributed by atoms with Crippen molar-refractivity contribution in [1.29, 1.82) is 0 Å². The van der Waals surface area contributed by atoms with E-state index < -0.39 is 0 Å². The van der Waals surface area contributed by atoms with Crippen LogP contribution in [0.2, 0.25) is 0 Å². The summed E-state index contributed by atoms with van der Waals surface area (Å²) < 4.78 is 5.29. The third-order valence-corrected chi connectivity index (χ3v) is 1.61. The molecule has 1 heterocycles. The molecule has 2 atom stereocenters. The van der Waals surface area contributed by atoms with Crippen LogP contribution in [0.25, 0.3) is 0 Å². The van der Waals surface area contributed by atoms with Crippen molar-refractivity contribution < 1.29 is 4.74 Å². The fourth-order valence-electron chi connectivity index (χ4n) is 1.10. The van der Waals surface area contributed by atoms with Crippen LogP contribution in [-0.2, 0) is 4.74 Å². The molecule has 2 nitrogen and oxygen atoms in total. The van der Waals surface area contributed by atoms with Crippen molar-refractivity contribution in [3.63, 3.8) is 0 Å². The molecule has 0 saturated carbocycles. The number of ether oxygens (including phenoxy) is 1. The Balaban J connectivity index is 2.18. The van der Waals surface area contributed by atoms with E-state index in [2.05, 4.69) is 11.4 Å². The standard InChI is InChI=1S/C7H8NO/c1-2-4-7-6(3-1)8-5-9-7/h2-4,6-8H,5H2. The Kier molecular flexibility index (Phi) is 1.14. The van der Waals surface area contributed by atoms with Gasteiger partial charge in [-0.2, -0.15) is 0 Å². The number of rotatable bonds is 0. The van der Waals surface area contributed by atoms with Gasteiger partial charge in [0.15, 0.2) is 0 Å². The van der Waals surface area contributed by atoms with Crippen molar-refractivity contribution in [2.45, 2.75) is 12.1 Å². The summed E-state index contributed by atoms with van der Waals surface area (Å²) in [6, 6.07) is 0.370. The van der Waals surface area contributed by atoms with E-state index in [-0.39, 0.29) is 6.10 Å². The first kappa shape index (κ1) is 5.21. The lowest BCUT2D eigenvalue weighted by atomic mass is 10.1. The molecule has 9 heavy (non-hydrogen) atoms. The number of hydrogen-bond donors (Lipinski definition) is 1. The quantitative estimate of drug-likeness (QED) is 0.496. The minimum Gasteiger partial charge on any atom is -0.357 e. The third kappa shape index (κ3) is 0.802. The van der Waals surface area contributed by atoms with Gasteiger partial charge in [0.05, 0.1) is 18.9 Å². The molecule has 47 valence electrons. The minimum absolute atomic E-state index is 0.256. The van der Waals surface area contributed by atoms with Crippen LogP contribution in [-0.4, -0.2) is 18.9 Å². The van der Waals surface area contributed by atoms with Crippen LogP contribution >= 0.6 is 0 Å². The van der Waals surface area contributed by atoms with Gasteiger partial charge >= 0.3 is 0 Å².